The van der Waals surface area contributed by atoms with Crippen LogP contribution in [0.15, 0.2) is 54.6 Å². The Morgan fingerprint density at radius 3 is 2.33 bits per heavy atom. The van der Waals surface area contributed by atoms with Crippen molar-refractivity contribution in [3.63, 3.8) is 0 Å². The monoisotopic (exact) mass is 369 g/mol. The highest BCUT2D eigenvalue weighted by Crippen LogP contribution is 2.11. The van der Waals surface area contributed by atoms with Gasteiger partial charge in [-0.05, 0) is 49.4 Å². The van der Waals surface area contributed by atoms with Crippen LogP contribution in [0.1, 0.15) is 24.5 Å². The number of benzene rings is 2. The molecular weight excluding hydrogens is 342 g/mol. The van der Waals surface area contributed by atoms with Gasteiger partial charge in [-0.1, -0.05) is 42.5 Å². The quantitative estimate of drug-likeness (QED) is 0.503. The molecule has 0 saturated carbocycles. The van der Waals surface area contributed by atoms with Gasteiger partial charge in [0.05, 0.1) is 6.04 Å². The molecular formula is C21H27N3O3. The minimum absolute atomic E-state index is 0.161. The van der Waals surface area contributed by atoms with Crippen molar-refractivity contribution in [3.05, 3.63) is 65.7 Å². The molecule has 27 heavy (non-hydrogen) atoms. The summed E-state index contributed by atoms with van der Waals surface area (Å²) < 4.78 is 0. The first-order valence-corrected chi connectivity index (χ1v) is 9.11. The number of carbonyl (C=O) groups excluding carboxylic acids is 2. The Kier molecular flexibility index (Phi) is 7.82. The van der Waals surface area contributed by atoms with E-state index in [-0.39, 0.29) is 17.6 Å². The van der Waals surface area contributed by atoms with Crippen LogP contribution in [-0.4, -0.2) is 35.5 Å². The van der Waals surface area contributed by atoms with Gasteiger partial charge < -0.3 is 21.5 Å². The number of amides is 2. The van der Waals surface area contributed by atoms with Crippen molar-refractivity contribution >= 4 is 11.8 Å². The highest BCUT2D eigenvalue weighted by molar-refractivity contribution is 5.89. The fraction of sp³-hybridized carbons (Fsp3) is 0.333. The first-order valence-electron chi connectivity index (χ1n) is 9.11. The smallest absolute Gasteiger partial charge is 0.242 e. The van der Waals surface area contributed by atoms with Crippen LogP contribution in [0.25, 0.3) is 0 Å². The number of phenols is 1. The van der Waals surface area contributed by atoms with Gasteiger partial charge in [-0.15, -0.1) is 0 Å². The molecule has 144 valence electrons. The molecule has 0 aliphatic rings. The van der Waals surface area contributed by atoms with E-state index in [0.717, 1.165) is 18.4 Å². The first kappa shape index (κ1) is 20.5. The van der Waals surface area contributed by atoms with Crippen molar-refractivity contribution in [2.24, 2.45) is 5.73 Å². The summed E-state index contributed by atoms with van der Waals surface area (Å²) in [5, 5.41) is 14.8. The maximum Gasteiger partial charge on any atom is 0.242 e. The minimum Gasteiger partial charge on any atom is -0.508 e. The van der Waals surface area contributed by atoms with E-state index in [1.54, 1.807) is 31.2 Å². The Morgan fingerprint density at radius 1 is 1.00 bits per heavy atom. The molecule has 0 fully saturated rings. The Labute approximate surface area is 159 Å². The number of hydrogen-bond donors (Lipinski definition) is 4. The van der Waals surface area contributed by atoms with E-state index in [4.69, 9.17) is 5.73 Å². The van der Waals surface area contributed by atoms with Crippen LogP contribution in [0.3, 0.4) is 0 Å². The second kappa shape index (κ2) is 10.3. The molecule has 6 nitrogen and oxygen atoms in total. The summed E-state index contributed by atoms with van der Waals surface area (Å²) in [5.74, 6) is -0.447. The number of nitrogens with one attached hydrogen (secondary N) is 2. The molecule has 2 atom stereocenters. The number of rotatable bonds is 9. The summed E-state index contributed by atoms with van der Waals surface area (Å²) in [7, 11) is 0. The van der Waals surface area contributed by atoms with Crippen molar-refractivity contribution in [3.8, 4) is 5.75 Å². The summed E-state index contributed by atoms with van der Waals surface area (Å²) in [6.45, 7) is 2.19. The normalized spacial score (nSPS) is 12.8. The average Bonchev–Trinajstić information content (AvgIpc) is 2.67. The number of nitrogens with two attached hydrogens (primary N) is 1. The first-order chi connectivity index (χ1) is 13.0. The zero-order chi connectivity index (χ0) is 19.6. The predicted molar refractivity (Wildman–Crippen MR) is 105 cm³/mol. The third-order valence-electron chi connectivity index (χ3n) is 4.27. The van der Waals surface area contributed by atoms with Gasteiger partial charge in [0.15, 0.2) is 0 Å². The Bertz CT molecular complexity index is 732. The lowest BCUT2D eigenvalue weighted by atomic mass is 10.1. The van der Waals surface area contributed by atoms with Crippen molar-refractivity contribution in [1.82, 2.24) is 10.6 Å². The summed E-state index contributed by atoms with van der Waals surface area (Å²) in [6.07, 6.45) is 2.05. The average molecular weight is 369 g/mol. The standard InChI is InChI=1S/C21H27N3O3/c1-15(20(26)23-13-5-8-16-6-3-2-4-7-16)24-21(27)19(22)14-17-9-11-18(25)12-10-17/h2-4,6-7,9-12,15,19,25H,5,8,13-14,22H2,1H3,(H,23,26)(H,24,27)/t15-,19+/m1/s1. The number of phenolic OH excluding ortho intramolecular Hbond substituents is 1. The molecule has 0 saturated heterocycles. The Hall–Kier alpha value is -2.86. The number of hydrogen-bond acceptors (Lipinski definition) is 4. The van der Waals surface area contributed by atoms with Gasteiger partial charge in [0.2, 0.25) is 11.8 Å². The van der Waals surface area contributed by atoms with Crippen molar-refractivity contribution in [2.75, 3.05) is 6.54 Å². The SMILES string of the molecule is C[C@@H](NC(=O)[C@@H](N)Cc1ccc(O)cc1)C(=O)NCCCc1ccccc1. The second-order valence-electron chi connectivity index (χ2n) is 6.59. The fourth-order valence-corrected chi connectivity index (χ4v) is 2.67. The highest BCUT2D eigenvalue weighted by atomic mass is 16.3. The van der Waals surface area contributed by atoms with Crippen molar-refractivity contribution < 1.29 is 14.7 Å². The third kappa shape index (κ3) is 7.11. The van der Waals surface area contributed by atoms with E-state index in [9.17, 15) is 14.7 Å². The molecule has 0 radical (unpaired) electrons. The topological polar surface area (TPSA) is 104 Å². The number of aromatic hydroxyl groups is 1. The Morgan fingerprint density at radius 2 is 1.67 bits per heavy atom. The third-order valence-corrected chi connectivity index (χ3v) is 4.27. The predicted octanol–water partition coefficient (Wildman–Crippen LogP) is 1.52. The van der Waals surface area contributed by atoms with E-state index in [2.05, 4.69) is 22.8 Å². The molecule has 2 amide bonds. The van der Waals surface area contributed by atoms with Crippen LogP contribution in [0.2, 0.25) is 0 Å². The summed E-state index contributed by atoms with van der Waals surface area (Å²) in [4.78, 5) is 24.3. The van der Waals surface area contributed by atoms with Crippen LogP contribution < -0.4 is 16.4 Å². The van der Waals surface area contributed by atoms with E-state index >= 15 is 0 Å². The molecule has 5 N–H and O–H groups in total. The molecule has 0 heterocycles. The van der Waals surface area contributed by atoms with Crippen LogP contribution >= 0.6 is 0 Å². The molecule has 2 rings (SSSR count). The summed E-state index contributed by atoms with van der Waals surface area (Å²) in [6, 6.07) is 15.2. The maximum absolute atomic E-state index is 12.2. The zero-order valence-corrected chi connectivity index (χ0v) is 15.5. The number of aryl methyl sites for hydroxylation is 1. The fourth-order valence-electron chi connectivity index (χ4n) is 2.67. The lowest BCUT2D eigenvalue weighted by Crippen LogP contribution is -2.51. The van der Waals surface area contributed by atoms with E-state index in [0.29, 0.717) is 13.0 Å². The van der Waals surface area contributed by atoms with Crippen LogP contribution in [-0.2, 0) is 22.4 Å². The summed E-state index contributed by atoms with van der Waals surface area (Å²) >= 11 is 0. The van der Waals surface area contributed by atoms with Gasteiger partial charge in [-0.25, -0.2) is 0 Å². The van der Waals surface area contributed by atoms with Crippen LogP contribution in [0.5, 0.6) is 5.75 Å². The molecule has 6 heteroatoms. The lowest BCUT2D eigenvalue weighted by molar-refractivity contribution is -0.129. The molecule has 2 aromatic carbocycles. The van der Waals surface area contributed by atoms with Gasteiger partial charge >= 0.3 is 0 Å². The molecule has 0 aliphatic carbocycles. The van der Waals surface area contributed by atoms with E-state index in [1.165, 1.54) is 5.56 Å². The molecule has 0 aromatic heterocycles. The van der Waals surface area contributed by atoms with E-state index < -0.39 is 12.1 Å². The minimum atomic E-state index is -0.761. The van der Waals surface area contributed by atoms with Crippen molar-refractivity contribution in [2.45, 2.75) is 38.3 Å². The molecule has 0 bridgehead atoms. The van der Waals surface area contributed by atoms with Crippen LogP contribution in [0.4, 0.5) is 0 Å². The summed E-state index contributed by atoms with van der Waals surface area (Å²) in [5.41, 5.74) is 7.99. The molecule has 0 spiro atoms. The largest absolute Gasteiger partial charge is 0.508 e. The van der Waals surface area contributed by atoms with Crippen LogP contribution in [0, 0.1) is 0 Å². The molecule has 0 unspecified atom stereocenters. The van der Waals surface area contributed by atoms with Gasteiger partial charge in [-0.3, -0.25) is 9.59 Å². The Balaban J connectivity index is 1.69. The van der Waals surface area contributed by atoms with Gasteiger partial charge in [-0.2, -0.15) is 0 Å². The molecule has 0 aliphatic heterocycles. The number of carbonyl (C=O) groups is 2. The highest BCUT2D eigenvalue weighted by Gasteiger charge is 2.20. The van der Waals surface area contributed by atoms with E-state index in [1.807, 2.05) is 18.2 Å². The second-order valence-corrected chi connectivity index (χ2v) is 6.59. The van der Waals surface area contributed by atoms with Gasteiger partial charge in [0, 0.05) is 6.54 Å². The van der Waals surface area contributed by atoms with Crippen molar-refractivity contribution in [1.29, 1.82) is 0 Å². The maximum atomic E-state index is 12.2. The van der Waals surface area contributed by atoms with Gasteiger partial charge in [0.25, 0.3) is 0 Å². The zero-order valence-electron chi connectivity index (χ0n) is 15.5. The van der Waals surface area contributed by atoms with Gasteiger partial charge in [0.1, 0.15) is 11.8 Å². The lowest BCUT2D eigenvalue weighted by Gasteiger charge is -2.17. The molecule has 2 aromatic rings.